The number of hydrogen-bond acceptors (Lipinski definition) is 5. The minimum atomic E-state index is -1.10. The summed E-state index contributed by atoms with van der Waals surface area (Å²) in [6.07, 6.45) is -1.76. The lowest BCUT2D eigenvalue weighted by molar-refractivity contribution is -0.138. The molecule has 7 heteroatoms. The molecule has 1 amide bonds. The van der Waals surface area contributed by atoms with Crippen molar-refractivity contribution in [1.82, 2.24) is 0 Å². The number of benzene rings is 3. The molecule has 0 aliphatic heterocycles. The monoisotopic (exact) mass is 432 g/mol. The Kier molecular flexibility index (Phi) is 6.05. The first kappa shape index (κ1) is 21.7. The normalized spacial score (nSPS) is 17.7. The molecule has 1 aliphatic rings. The van der Waals surface area contributed by atoms with Crippen molar-refractivity contribution in [3.8, 4) is 0 Å². The summed E-state index contributed by atoms with van der Waals surface area (Å²) in [4.78, 5) is 24.0. The number of fused-ring (bicyclic) bond motifs is 2. The lowest BCUT2D eigenvalue weighted by Gasteiger charge is -2.30. The maximum absolute atomic E-state index is 12.9. The zero-order chi connectivity index (χ0) is 22.8. The molecular weight excluding hydrogens is 408 g/mol. The van der Waals surface area contributed by atoms with Gasteiger partial charge < -0.3 is 26.4 Å². The number of carboxylic acids is 1. The summed E-state index contributed by atoms with van der Waals surface area (Å²) >= 11 is 0. The van der Waals surface area contributed by atoms with Gasteiger partial charge in [0, 0.05) is 11.3 Å². The Hall–Kier alpha value is -3.52. The highest BCUT2D eigenvalue weighted by atomic mass is 16.4. The molecule has 0 saturated carbocycles. The summed E-state index contributed by atoms with van der Waals surface area (Å²) < 4.78 is 0. The molecule has 0 heterocycles. The number of nitrogens with two attached hydrogens (primary N) is 1. The van der Waals surface area contributed by atoms with E-state index < -0.39 is 24.2 Å². The molecule has 164 valence electrons. The van der Waals surface area contributed by atoms with Gasteiger partial charge in [0.1, 0.15) is 18.2 Å². The summed E-state index contributed by atoms with van der Waals surface area (Å²) in [6, 6.07) is 18.3. The summed E-state index contributed by atoms with van der Waals surface area (Å²) in [5, 5.41) is 33.7. The van der Waals surface area contributed by atoms with E-state index in [0.717, 1.165) is 0 Å². The quantitative estimate of drug-likeness (QED) is 0.406. The van der Waals surface area contributed by atoms with E-state index in [9.17, 15) is 19.8 Å². The van der Waals surface area contributed by atoms with Gasteiger partial charge in [0.25, 0.3) is 0 Å². The summed E-state index contributed by atoms with van der Waals surface area (Å²) in [7, 11) is 0. The smallest absolute Gasteiger partial charge is 0.320 e. The zero-order valence-electron chi connectivity index (χ0n) is 17.2. The molecule has 7 nitrogen and oxygen atoms in total. The first-order valence-electron chi connectivity index (χ1n) is 10.3. The first-order valence-corrected chi connectivity index (χ1v) is 10.3. The third kappa shape index (κ3) is 4.13. The van der Waals surface area contributed by atoms with E-state index in [2.05, 4.69) is 5.32 Å². The zero-order valence-corrected chi connectivity index (χ0v) is 17.2. The second kappa shape index (κ2) is 8.92. The number of carboxylic acid groups (broad SMARTS) is 1. The predicted octanol–water partition coefficient (Wildman–Crippen LogP) is 2.30. The SMILES string of the molecule is NC(Cc1ccccc1CC(=O)Nc1cccc2c1C(O)c1ccccc1C2O)C(=O)O. The minimum absolute atomic E-state index is 0.0153. The number of rotatable bonds is 6. The van der Waals surface area contributed by atoms with Gasteiger partial charge in [0.15, 0.2) is 0 Å². The van der Waals surface area contributed by atoms with Crippen LogP contribution in [-0.4, -0.2) is 33.2 Å². The molecule has 0 aromatic heterocycles. The third-order valence-corrected chi connectivity index (χ3v) is 5.79. The molecule has 0 radical (unpaired) electrons. The summed E-state index contributed by atoms with van der Waals surface area (Å²) in [5.74, 6) is -1.43. The number of aliphatic hydroxyl groups excluding tert-OH is 2. The van der Waals surface area contributed by atoms with Gasteiger partial charge in [-0.25, -0.2) is 0 Å². The molecule has 3 aromatic carbocycles. The first-order chi connectivity index (χ1) is 15.4. The van der Waals surface area contributed by atoms with Crippen molar-refractivity contribution in [2.75, 3.05) is 5.32 Å². The molecule has 32 heavy (non-hydrogen) atoms. The number of carbonyl (C=O) groups is 2. The number of nitrogens with one attached hydrogen (secondary N) is 1. The number of aliphatic carboxylic acids is 1. The second-order valence-corrected chi connectivity index (χ2v) is 7.88. The average molecular weight is 432 g/mol. The summed E-state index contributed by atoms with van der Waals surface area (Å²) in [5.41, 5.74) is 9.71. The number of aliphatic hydroxyl groups is 2. The van der Waals surface area contributed by atoms with Gasteiger partial charge in [-0.2, -0.15) is 0 Å². The predicted molar refractivity (Wildman–Crippen MR) is 119 cm³/mol. The van der Waals surface area contributed by atoms with Crippen LogP contribution in [0.4, 0.5) is 5.69 Å². The van der Waals surface area contributed by atoms with Gasteiger partial charge >= 0.3 is 5.97 Å². The Morgan fingerprint density at radius 2 is 1.44 bits per heavy atom. The van der Waals surface area contributed by atoms with Crippen LogP contribution in [0.2, 0.25) is 0 Å². The van der Waals surface area contributed by atoms with Gasteiger partial charge in [-0.15, -0.1) is 0 Å². The van der Waals surface area contributed by atoms with E-state index in [-0.39, 0.29) is 18.7 Å². The Morgan fingerprint density at radius 3 is 2.12 bits per heavy atom. The van der Waals surface area contributed by atoms with Crippen LogP contribution in [0.15, 0.2) is 66.7 Å². The molecule has 3 unspecified atom stereocenters. The standard InChI is InChI=1S/C25H24N2O5/c26-19(25(31)32)12-14-6-1-2-7-15(14)13-21(28)27-20-11-5-10-18-22(20)24(30)17-9-4-3-8-16(17)23(18)29/h1-11,19,23-24,29-30H,12-13,26H2,(H,27,28)(H,31,32). The lowest BCUT2D eigenvalue weighted by Crippen LogP contribution is -2.32. The molecule has 0 saturated heterocycles. The fourth-order valence-corrected chi connectivity index (χ4v) is 4.19. The average Bonchev–Trinajstić information content (AvgIpc) is 2.78. The van der Waals surface area contributed by atoms with Gasteiger partial charge in [-0.3, -0.25) is 9.59 Å². The van der Waals surface area contributed by atoms with E-state index >= 15 is 0 Å². The van der Waals surface area contributed by atoms with Crippen LogP contribution in [0.3, 0.4) is 0 Å². The van der Waals surface area contributed by atoms with Crippen molar-refractivity contribution in [1.29, 1.82) is 0 Å². The van der Waals surface area contributed by atoms with Crippen molar-refractivity contribution < 1.29 is 24.9 Å². The number of amides is 1. The van der Waals surface area contributed by atoms with Crippen LogP contribution >= 0.6 is 0 Å². The number of hydrogen-bond donors (Lipinski definition) is 5. The molecule has 0 bridgehead atoms. The van der Waals surface area contributed by atoms with Crippen molar-refractivity contribution in [3.05, 3.63) is 100 Å². The van der Waals surface area contributed by atoms with Gasteiger partial charge in [0.05, 0.1) is 6.42 Å². The highest BCUT2D eigenvalue weighted by Gasteiger charge is 2.32. The maximum atomic E-state index is 12.9. The molecule has 4 rings (SSSR count). The van der Waals surface area contributed by atoms with E-state index in [0.29, 0.717) is 39.1 Å². The van der Waals surface area contributed by atoms with Gasteiger partial charge in [-0.1, -0.05) is 60.7 Å². The summed E-state index contributed by atoms with van der Waals surface area (Å²) in [6.45, 7) is 0. The Morgan fingerprint density at radius 1 is 0.844 bits per heavy atom. The molecular formula is C25H24N2O5. The Labute approximate surface area is 185 Å². The largest absolute Gasteiger partial charge is 0.480 e. The molecule has 3 aromatic rings. The molecule has 0 spiro atoms. The van der Waals surface area contributed by atoms with Crippen LogP contribution in [0.25, 0.3) is 0 Å². The van der Waals surface area contributed by atoms with Crippen molar-refractivity contribution in [3.63, 3.8) is 0 Å². The fraction of sp³-hybridized carbons (Fsp3) is 0.200. The fourth-order valence-electron chi connectivity index (χ4n) is 4.19. The van der Waals surface area contributed by atoms with Crippen LogP contribution < -0.4 is 11.1 Å². The Balaban J connectivity index is 1.58. The van der Waals surface area contributed by atoms with Gasteiger partial charge in [0.2, 0.25) is 5.91 Å². The van der Waals surface area contributed by atoms with E-state index in [4.69, 9.17) is 10.8 Å². The molecule has 1 aliphatic carbocycles. The second-order valence-electron chi connectivity index (χ2n) is 7.88. The van der Waals surface area contributed by atoms with E-state index in [1.807, 2.05) is 0 Å². The minimum Gasteiger partial charge on any atom is -0.480 e. The van der Waals surface area contributed by atoms with Gasteiger partial charge in [-0.05, 0) is 40.3 Å². The highest BCUT2D eigenvalue weighted by Crippen LogP contribution is 2.43. The molecule has 3 atom stereocenters. The number of carbonyl (C=O) groups excluding carboxylic acids is 1. The Bertz CT molecular complexity index is 1180. The molecule has 0 fully saturated rings. The van der Waals surface area contributed by atoms with Crippen molar-refractivity contribution in [2.45, 2.75) is 31.1 Å². The van der Waals surface area contributed by atoms with Crippen molar-refractivity contribution >= 4 is 17.6 Å². The topological polar surface area (TPSA) is 133 Å². The third-order valence-electron chi connectivity index (χ3n) is 5.79. The van der Waals surface area contributed by atoms with Crippen LogP contribution in [0.5, 0.6) is 0 Å². The van der Waals surface area contributed by atoms with E-state index in [1.165, 1.54) is 0 Å². The van der Waals surface area contributed by atoms with Crippen LogP contribution in [-0.2, 0) is 22.4 Å². The maximum Gasteiger partial charge on any atom is 0.320 e. The van der Waals surface area contributed by atoms with E-state index in [1.54, 1.807) is 66.7 Å². The van der Waals surface area contributed by atoms with Crippen LogP contribution in [0, 0.1) is 0 Å². The number of anilines is 1. The lowest BCUT2D eigenvalue weighted by atomic mass is 9.81. The molecule has 6 N–H and O–H groups in total. The van der Waals surface area contributed by atoms with Crippen molar-refractivity contribution in [2.24, 2.45) is 5.73 Å². The highest BCUT2D eigenvalue weighted by molar-refractivity contribution is 5.93. The van der Waals surface area contributed by atoms with Crippen LogP contribution in [0.1, 0.15) is 45.6 Å².